The number of alkyl halides is 3. The van der Waals surface area contributed by atoms with Crippen LogP contribution >= 0.6 is 0 Å². The number of hydrogen-bond acceptors (Lipinski definition) is 1. The van der Waals surface area contributed by atoms with Gasteiger partial charge in [0, 0.05) is 12.0 Å². The fourth-order valence-electron chi connectivity index (χ4n) is 1.75. The third kappa shape index (κ3) is 2.59. The second-order valence-corrected chi connectivity index (χ2v) is 4.62. The van der Waals surface area contributed by atoms with Gasteiger partial charge in [0.15, 0.2) is 0 Å². The second kappa shape index (κ2) is 2.87. The normalized spacial score (nSPS) is 21.7. The summed E-state index contributed by atoms with van der Waals surface area (Å²) in [7, 11) is 0. The molecule has 0 aliphatic heterocycles. The van der Waals surface area contributed by atoms with Crippen molar-refractivity contribution < 1.29 is 13.2 Å². The zero-order chi connectivity index (χ0) is 10.3. The molecule has 0 unspecified atom stereocenters. The predicted octanol–water partition coefficient (Wildman–Crippen LogP) is 2.85. The summed E-state index contributed by atoms with van der Waals surface area (Å²) in [5, 5.41) is 0. The van der Waals surface area contributed by atoms with Crippen LogP contribution in [-0.2, 0) is 0 Å². The van der Waals surface area contributed by atoms with Crippen LogP contribution in [0.1, 0.15) is 39.5 Å². The number of halogens is 3. The third-order valence-corrected chi connectivity index (χ3v) is 3.11. The third-order valence-electron chi connectivity index (χ3n) is 3.11. The largest absolute Gasteiger partial charge is 0.389 e. The van der Waals surface area contributed by atoms with Gasteiger partial charge < -0.3 is 5.73 Å². The summed E-state index contributed by atoms with van der Waals surface area (Å²) in [6.45, 7) is 3.63. The van der Waals surface area contributed by atoms with Gasteiger partial charge in [0.05, 0.1) is 0 Å². The lowest BCUT2D eigenvalue weighted by Gasteiger charge is -2.31. The van der Waals surface area contributed by atoms with E-state index in [1.54, 1.807) is 0 Å². The van der Waals surface area contributed by atoms with Crippen LogP contribution in [0, 0.1) is 5.41 Å². The van der Waals surface area contributed by atoms with E-state index >= 15 is 0 Å². The smallest absolute Gasteiger partial charge is 0.325 e. The van der Waals surface area contributed by atoms with Crippen molar-refractivity contribution in [2.75, 3.05) is 0 Å². The molecule has 1 fully saturated rings. The molecule has 1 nitrogen and oxygen atoms in total. The average molecular weight is 195 g/mol. The Bertz CT molecular complexity index is 186. The Morgan fingerprint density at radius 1 is 1.23 bits per heavy atom. The van der Waals surface area contributed by atoms with E-state index in [9.17, 15) is 13.2 Å². The topological polar surface area (TPSA) is 26.0 Å². The Labute approximate surface area is 76.5 Å². The fraction of sp³-hybridized carbons (Fsp3) is 1.00. The maximum atomic E-state index is 12.0. The molecular formula is C9H16F3N. The van der Waals surface area contributed by atoms with Gasteiger partial charge in [-0.1, -0.05) is 0 Å². The van der Waals surface area contributed by atoms with Gasteiger partial charge in [-0.05, 0) is 38.5 Å². The lowest BCUT2D eigenvalue weighted by atomic mass is 9.81. The van der Waals surface area contributed by atoms with Crippen LogP contribution in [0.25, 0.3) is 0 Å². The molecule has 0 saturated heterocycles. The van der Waals surface area contributed by atoms with Crippen molar-refractivity contribution in [2.24, 2.45) is 11.1 Å². The first-order valence-corrected chi connectivity index (χ1v) is 4.52. The Hall–Kier alpha value is -0.250. The molecule has 13 heavy (non-hydrogen) atoms. The number of hydrogen-bond donors (Lipinski definition) is 1. The van der Waals surface area contributed by atoms with Gasteiger partial charge in [-0.25, -0.2) is 0 Å². The highest BCUT2D eigenvalue weighted by atomic mass is 19.4. The van der Waals surface area contributed by atoms with E-state index in [1.807, 2.05) is 13.8 Å². The summed E-state index contributed by atoms with van der Waals surface area (Å²) in [4.78, 5) is 0. The Morgan fingerprint density at radius 2 is 1.69 bits per heavy atom. The zero-order valence-corrected chi connectivity index (χ0v) is 8.04. The zero-order valence-electron chi connectivity index (χ0n) is 8.04. The molecular weight excluding hydrogens is 179 g/mol. The Kier molecular flexibility index (Phi) is 2.39. The SMILES string of the molecule is CC(C)(N)C1(CCC(F)(F)F)CC1. The van der Waals surface area contributed by atoms with E-state index in [-0.39, 0.29) is 11.8 Å². The summed E-state index contributed by atoms with van der Waals surface area (Å²) in [6.07, 6.45) is -2.88. The van der Waals surface area contributed by atoms with Crippen LogP contribution in [0.5, 0.6) is 0 Å². The maximum absolute atomic E-state index is 12.0. The van der Waals surface area contributed by atoms with Gasteiger partial charge in [0.1, 0.15) is 0 Å². The lowest BCUT2D eigenvalue weighted by Crippen LogP contribution is -2.43. The molecule has 1 aliphatic rings. The second-order valence-electron chi connectivity index (χ2n) is 4.62. The first-order chi connectivity index (χ1) is 5.66. The minimum atomic E-state index is -4.04. The predicted molar refractivity (Wildman–Crippen MR) is 45.2 cm³/mol. The van der Waals surface area contributed by atoms with Crippen molar-refractivity contribution in [3.8, 4) is 0 Å². The molecule has 0 aromatic heterocycles. The van der Waals surface area contributed by atoms with Gasteiger partial charge in [0.25, 0.3) is 0 Å². The molecule has 1 saturated carbocycles. The van der Waals surface area contributed by atoms with Crippen molar-refractivity contribution in [3.63, 3.8) is 0 Å². The Morgan fingerprint density at radius 3 is 1.92 bits per heavy atom. The minimum absolute atomic E-state index is 0.181. The number of rotatable bonds is 3. The molecule has 1 rings (SSSR count). The summed E-state index contributed by atoms with van der Waals surface area (Å²) in [5.41, 5.74) is 5.12. The first kappa shape index (κ1) is 10.8. The van der Waals surface area contributed by atoms with Crippen LogP contribution in [0.3, 0.4) is 0 Å². The summed E-state index contributed by atoms with van der Waals surface area (Å²) >= 11 is 0. The molecule has 0 radical (unpaired) electrons. The molecule has 0 aromatic rings. The summed E-state index contributed by atoms with van der Waals surface area (Å²) in [6, 6.07) is 0. The highest BCUT2D eigenvalue weighted by molar-refractivity contribution is 5.06. The molecule has 1 aliphatic carbocycles. The van der Waals surface area contributed by atoms with Crippen LogP contribution in [0.15, 0.2) is 0 Å². The molecule has 0 amide bonds. The van der Waals surface area contributed by atoms with Crippen molar-refractivity contribution >= 4 is 0 Å². The van der Waals surface area contributed by atoms with E-state index < -0.39 is 18.1 Å². The summed E-state index contributed by atoms with van der Waals surface area (Å²) in [5.74, 6) is 0. The van der Waals surface area contributed by atoms with Gasteiger partial charge in [0.2, 0.25) is 0 Å². The van der Waals surface area contributed by atoms with Gasteiger partial charge in [-0.3, -0.25) is 0 Å². The standard InChI is InChI=1S/C9H16F3N/c1-7(2,13)8(3-4-8)5-6-9(10,11)12/h3-6,13H2,1-2H3. The van der Waals surface area contributed by atoms with Crippen molar-refractivity contribution in [1.82, 2.24) is 0 Å². The summed E-state index contributed by atoms with van der Waals surface area (Å²) < 4.78 is 35.9. The van der Waals surface area contributed by atoms with Crippen LogP contribution in [0.4, 0.5) is 13.2 Å². The van der Waals surface area contributed by atoms with Gasteiger partial charge >= 0.3 is 6.18 Å². The Balaban J connectivity index is 2.46. The van der Waals surface area contributed by atoms with E-state index in [1.165, 1.54) is 0 Å². The van der Waals surface area contributed by atoms with Crippen molar-refractivity contribution in [3.05, 3.63) is 0 Å². The maximum Gasteiger partial charge on any atom is 0.389 e. The van der Waals surface area contributed by atoms with Gasteiger partial charge in [-0.2, -0.15) is 13.2 Å². The van der Waals surface area contributed by atoms with Crippen molar-refractivity contribution in [2.45, 2.75) is 51.2 Å². The monoisotopic (exact) mass is 195 g/mol. The lowest BCUT2D eigenvalue weighted by molar-refractivity contribution is -0.139. The molecule has 0 atom stereocenters. The quantitative estimate of drug-likeness (QED) is 0.736. The first-order valence-electron chi connectivity index (χ1n) is 4.52. The van der Waals surface area contributed by atoms with Crippen LogP contribution in [-0.4, -0.2) is 11.7 Å². The van der Waals surface area contributed by atoms with Gasteiger partial charge in [-0.15, -0.1) is 0 Å². The molecule has 0 aromatic carbocycles. The number of nitrogens with two attached hydrogens (primary N) is 1. The molecule has 78 valence electrons. The fourth-order valence-corrected chi connectivity index (χ4v) is 1.75. The van der Waals surface area contributed by atoms with E-state index in [4.69, 9.17) is 5.73 Å². The highest BCUT2D eigenvalue weighted by Gasteiger charge is 2.53. The van der Waals surface area contributed by atoms with Crippen LogP contribution in [0.2, 0.25) is 0 Å². The minimum Gasteiger partial charge on any atom is -0.325 e. The molecule has 2 N–H and O–H groups in total. The van der Waals surface area contributed by atoms with Crippen molar-refractivity contribution in [1.29, 1.82) is 0 Å². The average Bonchev–Trinajstić information content (AvgIpc) is 2.58. The molecule has 0 heterocycles. The van der Waals surface area contributed by atoms with Crippen LogP contribution < -0.4 is 5.73 Å². The highest BCUT2D eigenvalue weighted by Crippen LogP contribution is 2.57. The van der Waals surface area contributed by atoms with E-state index in [0.717, 1.165) is 12.8 Å². The van der Waals surface area contributed by atoms with E-state index in [2.05, 4.69) is 0 Å². The molecule has 0 spiro atoms. The van der Waals surface area contributed by atoms with E-state index in [0.29, 0.717) is 0 Å². The molecule has 4 heteroatoms. The molecule has 0 bridgehead atoms.